The molecule has 0 fully saturated rings. The Morgan fingerprint density at radius 3 is 2.62 bits per heavy atom. The predicted molar refractivity (Wildman–Crippen MR) is 79.2 cm³/mol. The van der Waals surface area contributed by atoms with Crippen molar-refractivity contribution in [3.8, 4) is 5.88 Å². The Bertz CT molecular complexity index is 600. The largest absolute Gasteiger partial charge is 0.471 e. The Morgan fingerprint density at radius 2 is 1.95 bits per heavy atom. The lowest BCUT2D eigenvalue weighted by molar-refractivity contribution is -0.110. The van der Waals surface area contributed by atoms with Gasteiger partial charge < -0.3 is 14.9 Å². The fraction of sp³-hybridized carbons (Fsp3) is 0.133. The van der Waals surface area contributed by atoms with Crippen molar-refractivity contribution in [3.05, 3.63) is 54.7 Å². The fourth-order valence-electron chi connectivity index (χ4n) is 1.54. The highest BCUT2D eigenvalue weighted by Gasteiger charge is 2.14. The Labute approximate surface area is 122 Å². The molecule has 2 aromatic rings. The van der Waals surface area contributed by atoms with Gasteiger partial charge >= 0.3 is 0 Å². The van der Waals surface area contributed by atoms with Gasteiger partial charge in [-0.05, 0) is 18.2 Å². The van der Waals surface area contributed by atoms with Gasteiger partial charge in [0.25, 0.3) is 5.91 Å². The van der Waals surface area contributed by atoms with Crippen LogP contribution in [-0.4, -0.2) is 30.3 Å². The average Bonchev–Trinajstić information content (AvgIpc) is 2.53. The second-order valence-corrected chi connectivity index (χ2v) is 4.00. The van der Waals surface area contributed by atoms with Crippen molar-refractivity contribution in [2.75, 3.05) is 19.0 Å². The second-order valence-electron chi connectivity index (χ2n) is 4.00. The zero-order valence-electron chi connectivity index (χ0n) is 11.5. The number of carbonyl (C=O) groups is 1. The molecule has 0 unspecified atom stereocenters. The molecule has 1 N–H and O–H groups in total. The van der Waals surface area contributed by atoms with Crippen LogP contribution >= 0.6 is 0 Å². The quantitative estimate of drug-likeness (QED) is 0.651. The number of rotatable bonds is 6. The molecule has 1 heterocycles. The molecule has 21 heavy (non-hydrogen) atoms. The number of ether oxygens (including phenoxy) is 1. The van der Waals surface area contributed by atoms with Crippen LogP contribution in [0, 0.1) is 0 Å². The van der Waals surface area contributed by atoms with Crippen molar-refractivity contribution >= 4 is 17.3 Å². The van der Waals surface area contributed by atoms with E-state index in [4.69, 9.17) is 4.74 Å². The predicted octanol–water partition coefficient (Wildman–Crippen LogP) is 2.10. The number of oxime groups is 1. The molecule has 1 amide bonds. The number of amides is 1. The molecule has 0 aliphatic carbocycles. The molecule has 2 rings (SSSR count). The van der Waals surface area contributed by atoms with E-state index in [0.29, 0.717) is 11.6 Å². The molecular formula is C15H15N3O3. The van der Waals surface area contributed by atoms with Gasteiger partial charge in [0, 0.05) is 18.0 Å². The lowest BCUT2D eigenvalue weighted by atomic mass is 10.3. The summed E-state index contributed by atoms with van der Waals surface area (Å²) in [5.74, 6) is 0.0211. The van der Waals surface area contributed by atoms with Gasteiger partial charge in [0.2, 0.25) is 5.88 Å². The van der Waals surface area contributed by atoms with Crippen LogP contribution in [-0.2, 0) is 9.63 Å². The van der Waals surface area contributed by atoms with Gasteiger partial charge in [-0.25, -0.2) is 4.98 Å². The van der Waals surface area contributed by atoms with E-state index in [2.05, 4.69) is 20.3 Å². The number of hydrogen-bond donors (Lipinski definition) is 1. The minimum atomic E-state index is -0.390. The van der Waals surface area contributed by atoms with E-state index < -0.39 is 0 Å². The minimum Gasteiger partial charge on any atom is -0.471 e. The molecule has 0 saturated carbocycles. The molecule has 1 aromatic carbocycles. The summed E-state index contributed by atoms with van der Waals surface area (Å²) in [6, 6.07) is 14.3. The molecule has 0 radical (unpaired) electrons. The topological polar surface area (TPSA) is 72.8 Å². The summed E-state index contributed by atoms with van der Waals surface area (Å²) < 4.78 is 5.40. The van der Waals surface area contributed by atoms with E-state index in [1.807, 2.05) is 18.2 Å². The van der Waals surface area contributed by atoms with Crippen molar-refractivity contribution in [1.29, 1.82) is 0 Å². The van der Waals surface area contributed by atoms with Gasteiger partial charge in [-0.3, -0.25) is 4.79 Å². The number of pyridine rings is 1. The number of para-hydroxylation sites is 1. The van der Waals surface area contributed by atoms with Gasteiger partial charge in [0.05, 0.1) is 0 Å². The Balaban J connectivity index is 1.98. The van der Waals surface area contributed by atoms with E-state index in [1.165, 1.54) is 7.11 Å². The van der Waals surface area contributed by atoms with Crippen LogP contribution in [0.25, 0.3) is 0 Å². The molecule has 0 atom stereocenters. The van der Waals surface area contributed by atoms with Gasteiger partial charge in [-0.1, -0.05) is 29.4 Å². The summed E-state index contributed by atoms with van der Waals surface area (Å²) >= 11 is 0. The normalized spacial score (nSPS) is 10.8. The first-order valence-electron chi connectivity index (χ1n) is 6.30. The van der Waals surface area contributed by atoms with Crippen LogP contribution < -0.4 is 10.1 Å². The standard InChI is InChI=1S/C15H15N3O3/c1-20-18-13(11-21-14-9-5-6-10-16-14)15(19)17-12-7-3-2-4-8-12/h2-10H,11H2,1H3,(H,17,19). The molecule has 0 saturated heterocycles. The number of nitrogens with zero attached hydrogens (tertiary/aromatic N) is 2. The molecular weight excluding hydrogens is 270 g/mol. The summed E-state index contributed by atoms with van der Waals surface area (Å²) in [7, 11) is 1.37. The number of aromatic nitrogens is 1. The maximum absolute atomic E-state index is 12.1. The highest BCUT2D eigenvalue weighted by atomic mass is 16.6. The molecule has 0 aliphatic heterocycles. The van der Waals surface area contributed by atoms with Crippen LogP contribution in [0.2, 0.25) is 0 Å². The van der Waals surface area contributed by atoms with E-state index >= 15 is 0 Å². The maximum Gasteiger partial charge on any atom is 0.277 e. The molecule has 0 aliphatic rings. The number of carbonyl (C=O) groups excluding carboxylic acids is 1. The molecule has 0 spiro atoms. The van der Waals surface area contributed by atoms with Gasteiger partial charge in [-0.2, -0.15) is 0 Å². The Kier molecular flexibility index (Phi) is 5.28. The molecule has 6 heteroatoms. The lowest BCUT2D eigenvalue weighted by Crippen LogP contribution is -2.28. The summed E-state index contributed by atoms with van der Waals surface area (Å²) in [6.07, 6.45) is 1.60. The van der Waals surface area contributed by atoms with Crippen molar-refractivity contribution in [2.24, 2.45) is 5.16 Å². The third-order valence-electron chi connectivity index (χ3n) is 2.49. The lowest BCUT2D eigenvalue weighted by Gasteiger charge is -2.08. The number of hydrogen-bond acceptors (Lipinski definition) is 5. The van der Waals surface area contributed by atoms with Crippen LogP contribution in [0.3, 0.4) is 0 Å². The third kappa shape index (κ3) is 4.61. The SMILES string of the molecule is CON=C(COc1ccccn1)C(=O)Nc1ccccc1. The Hall–Kier alpha value is -2.89. The second kappa shape index (κ2) is 7.64. The van der Waals surface area contributed by atoms with Crippen LogP contribution in [0.4, 0.5) is 5.69 Å². The van der Waals surface area contributed by atoms with Gasteiger partial charge in [0.15, 0.2) is 5.71 Å². The van der Waals surface area contributed by atoms with Crippen LogP contribution in [0.5, 0.6) is 5.88 Å². The van der Waals surface area contributed by atoms with Crippen molar-refractivity contribution in [3.63, 3.8) is 0 Å². The van der Waals surface area contributed by atoms with E-state index in [0.717, 1.165) is 0 Å². The smallest absolute Gasteiger partial charge is 0.277 e. The highest BCUT2D eigenvalue weighted by Crippen LogP contribution is 2.06. The summed E-state index contributed by atoms with van der Waals surface area (Å²) in [5.41, 5.74) is 0.788. The number of nitrogens with one attached hydrogen (secondary N) is 1. The number of benzene rings is 1. The van der Waals surface area contributed by atoms with Crippen molar-refractivity contribution < 1.29 is 14.4 Å². The van der Waals surface area contributed by atoms with Crippen molar-refractivity contribution in [2.45, 2.75) is 0 Å². The molecule has 6 nitrogen and oxygen atoms in total. The fourth-order valence-corrected chi connectivity index (χ4v) is 1.54. The zero-order chi connectivity index (χ0) is 14.9. The minimum absolute atomic E-state index is 0.0382. The maximum atomic E-state index is 12.1. The first kappa shape index (κ1) is 14.5. The van der Waals surface area contributed by atoms with Crippen LogP contribution in [0.1, 0.15) is 0 Å². The van der Waals surface area contributed by atoms with Crippen LogP contribution in [0.15, 0.2) is 59.9 Å². The average molecular weight is 285 g/mol. The van der Waals surface area contributed by atoms with Crippen molar-refractivity contribution in [1.82, 2.24) is 4.98 Å². The Morgan fingerprint density at radius 1 is 1.19 bits per heavy atom. The summed E-state index contributed by atoms with van der Waals surface area (Å²) in [4.78, 5) is 20.8. The first-order valence-corrected chi connectivity index (χ1v) is 6.30. The number of anilines is 1. The van der Waals surface area contributed by atoms with Gasteiger partial charge in [-0.15, -0.1) is 0 Å². The van der Waals surface area contributed by atoms with E-state index in [9.17, 15) is 4.79 Å². The third-order valence-corrected chi connectivity index (χ3v) is 2.49. The zero-order valence-corrected chi connectivity index (χ0v) is 11.5. The van der Waals surface area contributed by atoms with E-state index in [1.54, 1.807) is 36.5 Å². The monoisotopic (exact) mass is 285 g/mol. The van der Waals surface area contributed by atoms with Gasteiger partial charge in [0.1, 0.15) is 13.7 Å². The summed E-state index contributed by atoms with van der Waals surface area (Å²) in [5, 5.41) is 6.40. The van der Waals surface area contributed by atoms with E-state index in [-0.39, 0.29) is 18.2 Å². The highest BCUT2D eigenvalue weighted by molar-refractivity contribution is 6.43. The summed E-state index contributed by atoms with van der Waals surface area (Å²) in [6.45, 7) is -0.0382. The first-order chi connectivity index (χ1) is 10.3. The molecule has 0 bridgehead atoms. The molecule has 108 valence electrons. The molecule has 1 aromatic heterocycles.